The van der Waals surface area contributed by atoms with Crippen LogP contribution in [-0.2, 0) is 31.1 Å². The minimum atomic E-state index is -2.97. The number of benzene rings is 2. The maximum Gasteiger partial charge on any atom is 0.262 e. The fourth-order valence-corrected chi connectivity index (χ4v) is 10.00. The molecule has 0 saturated heterocycles. The van der Waals surface area contributed by atoms with E-state index in [9.17, 15) is 13.8 Å². The molecule has 1 spiro atoms. The molecular formula is C37H47ClN2O5S. The first-order valence-electron chi connectivity index (χ1n) is 16.6. The first-order chi connectivity index (χ1) is 21.9. The van der Waals surface area contributed by atoms with Gasteiger partial charge in [-0.3, -0.25) is 14.3 Å². The van der Waals surface area contributed by atoms with Crippen molar-refractivity contribution in [1.82, 2.24) is 4.72 Å². The number of aryl methyl sites for hydroxylation is 1. The number of halogens is 1. The fraction of sp³-hybridized carbons (Fsp3) is 0.541. The Kier molecular flexibility index (Phi) is 9.11. The second-order valence-electron chi connectivity index (χ2n) is 14.2. The molecule has 1 unspecified atom stereocenters. The van der Waals surface area contributed by atoms with Crippen molar-refractivity contribution in [3.05, 3.63) is 70.3 Å². The summed E-state index contributed by atoms with van der Waals surface area (Å²) in [5.74, 6) is 4.78. The molecule has 2 heterocycles. The van der Waals surface area contributed by atoms with Crippen LogP contribution in [0.1, 0.15) is 80.8 Å². The number of Topliss-reactive ketones (excluding diaryl/α,β-unsaturated/α-hetero) is 1. The van der Waals surface area contributed by atoms with Gasteiger partial charge in [-0.2, -0.15) is 0 Å². The van der Waals surface area contributed by atoms with Crippen molar-refractivity contribution < 1.29 is 23.3 Å². The lowest BCUT2D eigenvalue weighted by Crippen LogP contribution is -2.53. The molecule has 1 amide bonds. The van der Waals surface area contributed by atoms with Gasteiger partial charge in [-0.05, 0) is 117 Å². The van der Waals surface area contributed by atoms with E-state index in [0.717, 1.165) is 55.1 Å². The van der Waals surface area contributed by atoms with Gasteiger partial charge in [0.25, 0.3) is 5.91 Å². The number of rotatable bonds is 3. The molecular weight excluding hydrogens is 620 g/mol. The van der Waals surface area contributed by atoms with Gasteiger partial charge in [-0.15, -0.1) is 0 Å². The molecule has 248 valence electrons. The van der Waals surface area contributed by atoms with E-state index >= 15 is 0 Å². The van der Waals surface area contributed by atoms with Crippen LogP contribution in [0.3, 0.4) is 0 Å². The lowest BCUT2D eigenvalue weighted by molar-refractivity contribution is -0.129. The summed E-state index contributed by atoms with van der Waals surface area (Å²) >= 11 is 6.45. The summed E-state index contributed by atoms with van der Waals surface area (Å²) in [6.45, 7) is 7.49. The van der Waals surface area contributed by atoms with Gasteiger partial charge in [0.2, 0.25) is 0 Å². The average molecular weight is 667 g/mol. The smallest absolute Gasteiger partial charge is 0.262 e. The van der Waals surface area contributed by atoms with Crippen molar-refractivity contribution in [2.24, 2.45) is 17.8 Å². The number of nitrogens with zero attached hydrogens (tertiary/aromatic N) is 1. The van der Waals surface area contributed by atoms with E-state index < -0.39 is 21.2 Å². The van der Waals surface area contributed by atoms with Crippen molar-refractivity contribution >= 4 is 44.6 Å². The average Bonchev–Trinajstić information content (AvgIpc) is 3.14. The molecule has 4 aliphatic rings. The number of hydrogen-bond acceptors (Lipinski definition) is 6. The summed E-state index contributed by atoms with van der Waals surface area (Å²) in [6.07, 6.45) is 10.1. The van der Waals surface area contributed by atoms with Crippen LogP contribution < -0.4 is 14.4 Å². The zero-order chi connectivity index (χ0) is 32.9. The summed E-state index contributed by atoms with van der Waals surface area (Å²) in [7, 11) is -1.26. The lowest BCUT2D eigenvalue weighted by Gasteiger charge is -2.50. The normalized spacial score (nSPS) is 35.1. The molecule has 0 aromatic heterocycles. The number of hydrogen-bond donors (Lipinski definition) is 1. The van der Waals surface area contributed by atoms with Gasteiger partial charge < -0.3 is 14.4 Å². The predicted molar refractivity (Wildman–Crippen MR) is 187 cm³/mol. The van der Waals surface area contributed by atoms with Crippen molar-refractivity contribution in [2.75, 3.05) is 31.7 Å². The molecule has 9 heteroatoms. The van der Waals surface area contributed by atoms with Crippen molar-refractivity contribution in [1.29, 1.82) is 0 Å². The van der Waals surface area contributed by atoms with Crippen LogP contribution in [-0.4, -0.2) is 59.4 Å². The molecule has 46 heavy (non-hydrogen) atoms. The van der Waals surface area contributed by atoms with Crippen LogP contribution in [0.15, 0.2) is 48.6 Å². The number of ether oxygens (including phenoxy) is 2. The predicted octanol–water partition coefficient (Wildman–Crippen LogP) is 6.55. The third-order valence-corrected chi connectivity index (χ3v) is 13.7. The number of carbonyl (C=O) groups excluding carboxylic acids is 2. The number of allylic oxidation sites excluding steroid dienone is 1. The van der Waals surface area contributed by atoms with E-state index in [1.54, 1.807) is 20.1 Å². The van der Waals surface area contributed by atoms with Crippen LogP contribution in [0.5, 0.6) is 5.75 Å². The third-order valence-electron chi connectivity index (χ3n) is 11.3. The second-order valence-corrected chi connectivity index (χ2v) is 17.1. The highest BCUT2D eigenvalue weighted by Crippen LogP contribution is 2.50. The molecule has 1 N–H and O–H groups in total. The third kappa shape index (κ3) is 6.13. The Hall–Kier alpha value is -2.81. The molecule has 1 fully saturated rings. The quantitative estimate of drug-likeness (QED) is 0.296. The summed E-state index contributed by atoms with van der Waals surface area (Å²) in [4.78, 5) is 28.7. The highest BCUT2D eigenvalue weighted by atomic mass is 35.5. The molecule has 2 aromatic rings. The first-order valence-corrected chi connectivity index (χ1v) is 18.7. The Morgan fingerprint density at radius 1 is 1.22 bits per heavy atom. The van der Waals surface area contributed by atoms with Gasteiger partial charge in [0, 0.05) is 47.9 Å². The van der Waals surface area contributed by atoms with E-state index in [4.69, 9.17) is 21.1 Å². The fourth-order valence-electron chi connectivity index (χ4n) is 8.32. The molecule has 7 atom stereocenters. The Bertz CT molecular complexity index is 1660. The molecule has 1 saturated carbocycles. The molecule has 6 rings (SSSR count). The van der Waals surface area contributed by atoms with Crippen molar-refractivity contribution in [3.63, 3.8) is 0 Å². The van der Waals surface area contributed by atoms with Crippen molar-refractivity contribution in [3.8, 4) is 5.75 Å². The van der Waals surface area contributed by atoms with Crippen LogP contribution in [0.25, 0.3) is 0 Å². The molecule has 7 nitrogen and oxygen atoms in total. The number of ketones is 1. The zero-order valence-electron chi connectivity index (χ0n) is 27.5. The van der Waals surface area contributed by atoms with Crippen LogP contribution >= 0.6 is 11.6 Å². The van der Waals surface area contributed by atoms with Crippen molar-refractivity contribution in [2.45, 2.75) is 82.0 Å². The van der Waals surface area contributed by atoms with Crippen LogP contribution in [0.2, 0.25) is 5.02 Å². The van der Waals surface area contributed by atoms with E-state index in [1.807, 2.05) is 32.0 Å². The number of anilines is 1. The Morgan fingerprint density at radius 3 is 2.74 bits per heavy atom. The monoisotopic (exact) mass is 666 g/mol. The van der Waals surface area contributed by atoms with E-state index in [1.165, 1.54) is 11.1 Å². The number of nitrogens with one attached hydrogen (secondary N) is 1. The summed E-state index contributed by atoms with van der Waals surface area (Å²) < 4.78 is 29.5. The largest absolute Gasteiger partial charge is 0.490 e. The number of carbonyl (C=O) groups is 2. The topological polar surface area (TPSA) is 84.9 Å². The number of amides is 1. The highest BCUT2D eigenvalue weighted by Gasteiger charge is 2.49. The molecule has 2 aromatic carbocycles. The summed E-state index contributed by atoms with van der Waals surface area (Å²) in [6, 6.07) is 11.7. The van der Waals surface area contributed by atoms with Gasteiger partial charge >= 0.3 is 0 Å². The van der Waals surface area contributed by atoms with E-state index in [-0.39, 0.29) is 34.2 Å². The molecule has 0 radical (unpaired) electrons. The zero-order valence-corrected chi connectivity index (χ0v) is 29.1. The SMILES string of the molecule is C=S1(=O)NC(=O)c2ccc3c(c2)N(C[C@@H]2CC[C@H]2[C@@](CC(C)=O)(OC)/C=C/C[C@H](C)[C@H]1C)C[C@@]1(CCCc2cc(Cl)ccc21)CO3. The van der Waals surface area contributed by atoms with Gasteiger partial charge in [-0.25, -0.2) is 4.21 Å². The lowest BCUT2D eigenvalue weighted by atomic mass is 9.62. The van der Waals surface area contributed by atoms with Crippen LogP contribution in [0, 0.1) is 17.8 Å². The highest BCUT2D eigenvalue weighted by molar-refractivity contribution is 7.99. The maximum absolute atomic E-state index is 13.8. The maximum atomic E-state index is 13.8. The standard InChI is InChI=1S/C37H47ClN2O5S/c1-24-8-6-17-37(44-4,20-25(2)41)32-13-10-29(32)21-40-22-36(16-7-9-27-18-30(38)12-14-31(27)36)23-45-34-15-11-28(19-33(34)40)35(42)39-46(5,43)26(24)3/h6,11-12,14-15,17-19,24,26,29,32H,5,7-10,13,16,20-23H2,1-4H3,(H,39,42,43)/b17-6+/t24-,26+,29-,32+,36-,37+,46?/m0/s1. The van der Waals surface area contributed by atoms with E-state index in [2.05, 4.69) is 39.8 Å². The van der Waals surface area contributed by atoms with Gasteiger partial charge in [-0.1, -0.05) is 36.7 Å². The summed E-state index contributed by atoms with van der Waals surface area (Å²) in [5, 5.41) is 0.363. The van der Waals surface area contributed by atoms with Gasteiger partial charge in [0.15, 0.2) is 0 Å². The first kappa shape index (κ1) is 33.1. The Balaban J connectivity index is 1.47. The Morgan fingerprint density at radius 2 is 2.02 bits per heavy atom. The molecule has 2 bridgehead atoms. The Labute approximate surface area is 279 Å². The molecule has 2 aliphatic heterocycles. The number of methoxy groups -OCH3 is 1. The van der Waals surface area contributed by atoms with Gasteiger partial charge in [0.05, 0.1) is 27.6 Å². The summed E-state index contributed by atoms with van der Waals surface area (Å²) in [5.41, 5.74) is 2.83. The van der Waals surface area contributed by atoms with Gasteiger partial charge in [0.1, 0.15) is 11.5 Å². The molecule has 2 aliphatic carbocycles. The van der Waals surface area contributed by atoms with E-state index in [0.29, 0.717) is 31.6 Å². The minimum absolute atomic E-state index is 0.0288. The van der Waals surface area contributed by atoms with Crippen LogP contribution in [0.4, 0.5) is 5.69 Å². The second kappa shape index (κ2) is 12.7. The minimum Gasteiger partial charge on any atom is -0.490 e. The number of fused-ring (bicyclic) bond motifs is 4.